The lowest BCUT2D eigenvalue weighted by Gasteiger charge is -2.33. The molecule has 1 atom stereocenters. The number of amides is 2. The fraction of sp³-hybridized carbons (Fsp3) is 0.529. The summed E-state index contributed by atoms with van der Waals surface area (Å²) in [7, 11) is 0. The highest BCUT2D eigenvalue weighted by Gasteiger charge is 2.32. The molecule has 0 bridgehead atoms. The highest BCUT2D eigenvalue weighted by Crippen LogP contribution is 2.28. The third-order valence-electron chi connectivity index (χ3n) is 4.74. The second-order valence-corrected chi connectivity index (χ2v) is 7.21. The molecule has 2 fully saturated rings. The average Bonchev–Trinajstić information content (AvgIpc) is 2.97. The van der Waals surface area contributed by atoms with Gasteiger partial charge < -0.3 is 10.2 Å². The van der Waals surface area contributed by atoms with Crippen LogP contribution in [-0.4, -0.2) is 35.8 Å². The van der Waals surface area contributed by atoms with Crippen LogP contribution in [0.2, 0.25) is 10.0 Å². The van der Waals surface area contributed by atoms with Crippen molar-refractivity contribution in [2.45, 2.75) is 38.1 Å². The molecular weight excluding hydrogens is 335 g/mol. The Hall–Kier alpha value is -1.26. The highest BCUT2D eigenvalue weighted by molar-refractivity contribution is 6.33. The van der Waals surface area contributed by atoms with Crippen molar-refractivity contribution in [3.05, 3.63) is 33.8 Å². The standard InChI is InChI=1S/C17H20Cl2N2O2/c18-13-1-2-14(19)12(10-13)9-11-5-7-21(8-6-11)17(23)15-3-4-16(22)20-15/h1-2,10-11,15H,3-9H2,(H,20,22)/t15-/m1/s1. The minimum absolute atomic E-state index is 0.0196. The van der Waals surface area contributed by atoms with Gasteiger partial charge in [0, 0.05) is 29.6 Å². The van der Waals surface area contributed by atoms with E-state index >= 15 is 0 Å². The van der Waals surface area contributed by atoms with E-state index in [0.29, 0.717) is 23.8 Å². The zero-order valence-corrected chi connectivity index (χ0v) is 14.4. The lowest BCUT2D eigenvalue weighted by Crippen LogP contribution is -2.47. The number of carbonyl (C=O) groups excluding carboxylic acids is 2. The molecule has 124 valence electrons. The number of hydrogen-bond donors (Lipinski definition) is 1. The summed E-state index contributed by atoms with van der Waals surface area (Å²) in [5.74, 6) is 0.553. The summed E-state index contributed by atoms with van der Waals surface area (Å²) in [4.78, 5) is 25.5. The molecule has 0 aliphatic carbocycles. The smallest absolute Gasteiger partial charge is 0.245 e. The van der Waals surface area contributed by atoms with Crippen LogP contribution in [-0.2, 0) is 16.0 Å². The Morgan fingerprint density at radius 1 is 1.22 bits per heavy atom. The van der Waals surface area contributed by atoms with Crippen molar-refractivity contribution in [2.75, 3.05) is 13.1 Å². The normalized spacial score (nSPS) is 22.3. The van der Waals surface area contributed by atoms with Crippen molar-refractivity contribution in [1.29, 1.82) is 0 Å². The first-order valence-electron chi connectivity index (χ1n) is 8.05. The van der Waals surface area contributed by atoms with Gasteiger partial charge in [-0.25, -0.2) is 0 Å². The Morgan fingerprint density at radius 2 is 1.96 bits per heavy atom. The first kappa shape index (κ1) is 16.6. The molecule has 2 aliphatic heterocycles. The van der Waals surface area contributed by atoms with E-state index in [2.05, 4.69) is 5.32 Å². The maximum atomic E-state index is 12.4. The molecule has 2 saturated heterocycles. The Bertz CT molecular complexity index is 613. The van der Waals surface area contributed by atoms with Gasteiger partial charge >= 0.3 is 0 Å². The van der Waals surface area contributed by atoms with Gasteiger partial charge in [0.2, 0.25) is 11.8 Å². The van der Waals surface area contributed by atoms with E-state index in [4.69, 9.17) is 23.2 Å². The fourth-order valence-electron chi connectivity index (χ4n) is 3.39. The Kier molecular flexibility index (Phi) is 5.12. The van der Waals surface area contributed by atoms with Crippen LogP contribution >= 0.6 is 23.2 Å². The van der Waals surface area contributed by atoms with Crippen LogP contribution in [0.5, 0.6) is 0 Å². The topological polar surface area (TPSA) is 49.4 Å². The van der Waals surface area contributed by atoms with Crippen LogP contribution in [0.15, 0.2) is 18.2 Å². The summed E-state index contributed by atoms with van der Waals surface area (Å²) in [6.07, 6.45) is 3.88. The Labute approximate surface area is 146 Å². The lowest BCUT2D eigenvalue weighted by molar-refractivity contribution is -0.135. The lowest BCUT2D eigenvalue weighted by atomic mass is 9.90. The average molecular weight is 355 g/mol. The number of carbonyl (C=O) groups is 2. The van der Waals surface area contributed by atoms with E-state index in [9.17, 15) is 9.59 Å². The first-order chi connectivity index (χ1) is 11.0. The third-order valence-corrected chi connectivity index (χ3v) is 5.34. The minimum Gasteiger partial charge on any atom is -0.344 e. The molecule has 2 amide bonds. The number of nitrogens with zero attached hydrogens (tertiary/aromatic N) is 1. The van der Waals surface area contributed by atoms with E-state index in [1.807, 2.05) is 17.0 Å². The van der Waals surface area contributed by atoms with Gasteiger partial charge in [-0.15, -0.1) is 0 Å². The molecular formula is C17H20Cl2N2O2. The van der Waals surface area contributed by atoms with Crippen molar-refractivity contribution in [3.63, 3.8) is 0 Å². The van der Waals surface area contributed by atoms with Gasteiger partial charge in [0.25, 0.3) is 0 Å². The van der Waals surface area contributed by atoms with Gasteiger partial charge in [0.1, 0.15) is 6.04 Å². The SMILES string of the molecule is O=C1CC[C@H](C(=O)N2CCC(Cc3cc(Cl)ccc3Cl)CC2)N1. The molecule has 0 aromatic heterocycles. The maximum absolute atomic E-state index is 12.4. The van der Waals surface area contributed by atoms with Gasteiger partial charge in [-0.05, 0) is 55.4 Å². The summed E-state index contributed by atoms with van der Waals surface area (Å²) in [5, 5.41) is 4.21. The summed E-state index contributed by atoms with van der Waals surface area (Å²) < 4.78 is 0. The van der Waals surface area contributed by atoms with Crippen LogP contribution in [0, 0.1) is 5.92 Å². The first-order valence-corrected chi connectivity index (χ1v) is 8.80. The largest absolute Gasteiger partial charge is 0.344 e. The minimum atomic E-state index is -0.318. The van der Waals surface area contributed by atoms with Gasteiger partial charge in [-0.1, -0.05) is 23.2 Å². The molecule has 1 aromatic carbocycles. The molecule has 1 N–H and O–H groups in total. The second kappa shape index (κ2) is 7.10. The number of likely N-dealkylation sites (tertiary alicyclic amines) is 1. The number of halogens is 2. The van der Waals surface area contributed by atoms with Crippen molar-refractivity contribution in [3.8, 4) is 0 Å². The predicted molar refractivity (Wildman–Crippen MR) is 90.6 cm³/mol. The number of nitrogens with one attached hydrogen (secondary N) is 1. The molecule has 0 spiro atoms. The number of hydrogen-bond acceptors (Lipinski definition) is 2. The summed E-state index contributed by atoms with van der Waals surface area (Å²) in [5.41, 5.74) is 1.08. The molecule has 3 rings (SSSR count). The van der Waals surface area contributed by atoms with Crippen molar-refractivity contribution < 1.29 is 9.59 Å². The maximum Gasteiger partial charge on any atom is 0.245 e. The molecule has 23 heavy (non-hydrogen) atoms. The van der Waals surface area contributed by atoms with E-state index in [1.165, 1.54) is 0 Å². The number of rotatable bonds is 3. The van der Waals surface area contributed by atoms with E-state index in [-0.39, 0.29) is 17.9 Å². The second-order valence-electron chi connectivity index (χ2n) is 6.37. The van der Waals surface area contributed by atoms with Crippen molar-refractivity contribution >= 4 is 35.0 Å². The molecule has 4 nitrogen and oxygen atoms in total. The fourth-order valence-corrected chi connectivity index (χ4v) is 3.78. The predicted octanol–water partition coefficient (Wildman–Crippen LogP) is 3.05. The van der Waals surface area contributed by atoms with Crippen LogP contribution in [0.1, 0.15) is 31.2 Å². The zero-order valence-electron chi connectivity index (χ0n) is 12.9. The van der Waals surface area contributed by atoms with Crippen LogP contribution in [0.4, 0.5) is 0 Å². The summed E-state index contributed by atoms with van der Waals surface area (Å²) >= 11 is 12.3. The zero-order chi connectivity index (χ0) is 16.4. The summed E-state index contributed by atoms with van der Waals surface area (Å²) in [6.45, 7) is 1.49. The monoisotopic (exact) mass is 354 g/mol. The molecule has 2 aliphatic rings. The quantitative estimate of drug-likeness (QED) is 0.906. The van der Waals surface area contributed by atoms with Gasteiger partial charge in [-0.3, -0.25) is 9.59 Å². The molecule has 0 saturated carbocycles. The molecule has 0 unspecified atom stereocenters. The molecule has 2 heterocycles. The Balaban J connectivity index is 1.53. The number of benzene rings is 1. The highest BCUT2D eigenvalue weighted by atomic mass is 35.5. The van der Waals surface area contributed by atoms with Crippen LogP contribution in [0.25, 0.3) is 0 Å². The molecule has 1 aromatic rings. The summed E-state index contributed by atoms with van der Waals surface area (Å²) in [6, 6.07) is 5.24. The van der Waals surface area contributed by atoms with E-state index < -0.39 is 0 Å². The van der Waals surface area contributed by atoms with Crippen molar-refractivity contribution in [2.24, 2.45) is 5.92 Å². The van der Waals surface area contributed by atoms with Crippen LogP contribution < -0.4 is 5.32 Å². The van der Waals surface area contributed by atoms with Crippen molar-refractivity contribution in [1.82, 2.24) is 10.2 Å². The van der Waals surface area contributed by atoms with Crippen LogP contribution in [0.3, 0.4) is 0 Å². The van der Waals surface area contributed by atoms with Gasteiger partial charge in [-0.2, -0.15) is 0 Å². The molecule has 0 radical (unpaired) electrons. The van der Waals surface area contributed by atoms with Gasteiger partial charge in [0.05, 0.1) is 0 Å². The number of piperidine rings is 1. The van der Waals surface area contributed by atoms with E-state index in [0.717, 1.165) is 42.9 Å². The third kappa shape index (κ3) is 3.99. The molecule has 6 heteroatoms. The van der Waals surface area contributed by atoms with E-state index in [1.54, 1.807) is 6.07 Å². The van der Waals surface area contributed by atoms with Gasteiger partial charge in [0.15, 0.2) is 0 Å². The Morgan fingerprint density at radius 3 is 2.61 bits per heavy atom.